The normalized spacial score (nSPS) is 16.2. The molecule has 1 unspecified atom stereocenters. The fraction of sp³-hybridized carbons (Fsp3) is 0.231. The molecule has 0 radical (unpaired) electrons. The minimum atomic E-state index is -0.691. The second-order valence-electron chi connectivity index (χ2n) is 8.04. The van der Waals surface area contributed by atoms with Crippen LogP contribution in [0.1, 0.15) is 52.2 Å². The van der Waals surface area contributed by atoms with Crippen molar-refractivity contribution in [1.29, 1.82) is 0 Å². The van der Waals surface area contributed by atoms with E-state index in [4.69, 9.17) is 4.74 Å². The van der Waals surface area contributed by atoms with Crippen LogP contribution in [-0.4, -0.2) is 28.8 Å². The van der Waals surface area contributed by atoms with Crippen LogP contribution in [-0.2, 0) is 11.3 Å². The van der Waals surface area contributed by atoms with Crippen molar-refractivity contribution in [2.75, 3.05) is 7.11 Å². The van der Waals surface area contributed by atoms with Crippen LogP contribution in [0.25, 0.3) is 0 Å². The molecule has 3 aromatic rings. The third-order valence-electron chi connectivity index (χ3n) is 5.75. The number of thiophene rings is 1. The predicted octanol–water partition coefficient (Wildman–Crippen LogP) is 5.66. The van der Waals surface area contributed by atoms with E-state index in [9.17, 15) is 14.7 Å². The fourth-order valence-corrected chi connectivity index (χ4v) is 4.69. The Balaban J connectivity index is 1.80. The Hall–Kier alpha value is -3.38. The molecule has 4 rings (SSSR count). The molecule has 1 aromatic heterocycles. The van der Waals surface area contributed by atoms with Crippen molar-refractivity contribution in [2.24, 2.45) is 0 Å². The van der Waals surface area contributed by atoms with E-state index in [2.05, 4.69) is 13.8 Å². The number of para-hydroxylation sites is 1. The van der Waals surface area contributed by atoms with Gasteiger partial charge in [-0.25, -0.2) is 0 Å². The smallest absolute Gasteiger partial charge is 0.290 e. The average molecular weight is 448 g/mol. The molecular formula is C26H25NO4S. The lowest BCUT2D eigenvalue weighted by atomic mass is 9.93. The highest BCUT2D eigenvalue weighted by Gasteiger charge is 2.44. The molecular weight excluding hydrogens is 422 g/mol. The van der Waals surface area contributed by atoms with E-state index < -0.39 is 17.7 Å². The van der Waals surface area contributed by atoms with Gasteiger partial charge >= 0.3 is 0 Å². The molecule has 1 aliphatic heterocycles. The number of hydrogen-bond donors (Lipinski definition) is 1. The quantitative estimate of drug-likeness (QED) is 0.475. The number of Topliss-reactive ketones (excluding diaryl/α,β-unsaturated/α-hetero) is 1. The molecule has 2 aromatic carbocycles. The maximum absolute atomic E-state index is 13.3. The van der Waals surface area contributed by atoms with Crippen LogP contribution in [0.5, 0.6) is 5.75 Å². The summed E-state index contributed by atoms with van der Waals surface area (Å²) >= 11 is 1.29. The van der Waals surface area contributed by atoms with Crippen LogP contribution in [0.2, 0.25) is 0 Å². The van der Waals surface area contributed by atoms with Crippen LogP contribution < -0.4 is 4.74 Å². The number of aliphatic hydroxyl groups excluding tert-OH is 1. The molecule has 0 fully saturated rings. The number of benzene rings is 2. The van der Waals surface area contributed by atoms with Gasteiger partial charge in [-0.3, -0.25) is 9.59 Å². The molecule has 2 heterocycles. The summed E-state index contributed by atoms with van der Waals surface area (Å²) in [7, 11) is 1.58. The lowest BCUT2D eigenvalue weighted by Gasteiger charge is -2.27. The zero-order chi connectivity index (χ0) is 22.8. The summed E-state index contributed by atoms with van der Waals surface area (Å²) < 4.78 is 5.45. The highest BCUT2D eigenvalue weighted by Crippen LogP contribution is 2.41. The van der Waals surface area contributed by atoms with Gasteiger partial charge in [0, 0.05) is 5.56 Å². The van der Waals surface area contributed by atoms with Gasteiger partial charge in [-0.2, -0.15) is 0 Å². The van der Waals surface area contributed by atoms with Gasteiger partial charge in [-0.05, 0) is 34.6 Å². The largest absolute Gasteiger partial charge is 0.503 e. The molecule has 0 bridgehead atoms. The topological polar surface area (TPSA) is 66.8 Å². The fourth-order valence-electron chi connectivity index (χ4n) is 4.02. The zero-order valence-corrected chi connectivity index (χ0v) is 19.1. The van der Waals surface area contributed by atoms with E-state index in [1.165, 1.54) is 11.3 Å². The van der Waals surface area contributed by atoms with Crippen molar-refractivity contribution in [3.8, 4) is 5.75 Å². The molecule has 32 heavy (non-hydrogen) atoms. The van der Waals surface area contributed by atoms with Crippen LogP contribution in [0.15, 0.2) is 77.4 Å². The molecule has 1 amide bonds. The first-order valence-electron chi connectivity index (χ1n) is 10.5. The second-order valence-corrected chi connectivity index (χ2v) is 8.99. The lowest BCUT2D eigenvalue weighted by Crippen LogP contribution is -2.30. The lowest BCUT2D eigenvalue weighted by molar-refractivity contribution is -0.130. The number of nitrogens with zero attached hydrogens (tertiary/aromatic N) is 1. The Morgan fingerprint density at radius 2 is 1.81 bits per heavy atom. The number of ketones is 1. The molecule has 6 heteroatoms. The van der Waals surface area contributed by atoms with Gasteiger partial charge in [-0.15, -0.1) is 11.3 Å². The van der Waals surface area contributed by atoms with Gasteiger partial charge in [0.05, 0.1) is 30.1 Å². The minimum absolute atomic E-state index is 0.115. The number of methoxy groups -OCH3 is 1. The Kier molecular flexibility index (Phi) is 6.15. The molecule has 0 aliphatic carbocycles. The summed E-state index contributed by atoms with van der Waals surface area (Å²) in [4.78, 5) is 28.5. The van der Waals surface area contributed by atoms with E-state index in [1.54, 1.807) is 29.5 Å². The van der Waals surface area contributed by atoms with Crippen molar-refractivity contribution < 1.29 is 19.4 Å². The maximum Gasteiger partial charge on any atom is 0.290 e. The van der Waals surface area contributed by atoms with Gasteiger partial charge in [0.1, 0.15) is 5.75 Å². The van der Waals surface area contributed by atoms with Crippen LogP contribution >= 0.6 is 11.3 Å². The molecule has 0 spiro atoms. The summed E-state index contributed by atoms with van der Waals surface area (Å²) in [5.41, 5.74) is 2.85. The van der Waals surface area contributed by atoms with E-state index >= 15 is 0 Å². The third-order valence-corrected chi connectivity index (χ3v) is 6.61. The predicted molar refractivity (Wildman–Crippen MR) is 125 cm³/mol. The van der Waals surface area contributed by atoms with Crippen molar-refractivity contribution >= 4 is 23.0 Å². The minimum Gasteiger partial charge on any atom is -0.503 e. The third kappa shape index (κ3) is 3.94. The Morgan fingerprint density at radius 3 is 2.44 bits per heavy atom. The van der Waals surface area contributed by atoms with Gasteiger partial charge in [-0.1, -0.05) is 62.4 Å². The van der Waals surface area contributed by atoms with Crippen LogP contribution in [0.4, 0.5) is 0 Å². The van der Waals surface area contributed by atoms with Gasteiger partial charge in [0.2, 0.25) is 5.78 Å². The molecule has 0 saturated carbocycles. The number of hydrogen-bond acceptors (Lipinski definition) is 5. The molecule has 1 aliphatic rings. The number of amides is 1. The number of rotatable bonds is 7. The molecule has 1 N–H and O–H groups in total. The number of carbonyl (C=O) groups excluding carboxylic acids is 2. The molecule has 1 atom stereocenters. The average Bonchev–Trinajstić information content (AvgIpc) is 3.42. The first-order valence-corrected chi connectivity index (χ1v) is 11.3. The van der Waals surface area contributed by atoms with E-state index in [0.717, 1.165) is 16.7 Å². The monoisotopic (exact) mass is 447 g/mol. The van der Waals surface area contributed by atoms with Gasteiger partial charge in [0.25, 0.3) is 5.91 Å². The standard InChI is InChI=1S/C26H25NO4S/c1-16(2)17-10-12-18(13-11-17)23-22(24(28)21-9-6-14-32-21)25(29)26(30)27(23)15-19-7-4-5-8-20(19)31-3/h4-14,16,23,29H,15H2,1-3H3. The van der Waals surface area contributed by atoms with E-state index in [-0.39, 0.29) is 17.9 Å². The van der Waals surface area contributed by atoms with Crippen LogP contribution in [0.3, 0.4) is 0 Å². The molecule has 5 nitrogen and oxygen atoms in total. The molecule has 0 saturated heterocycles. The Labute approximate surface area is 191 Å². The summed E-state index contributed by atoms with van der Waals surface area (Å²) in [6.07, 6.45) is 0. The van der Waals surface area contributed by atoms with Gasteiger partial charge < -0.3 is 14.7 Å². The first kappa shape index (κ1) is 21.8. The number of ether oxygens (including phenoxy) is 1. The SMILES string of the molecule is COc1ccccc1CN1C(=O)C(O)=C(C(=O)c2cccs2)C1c1ccc(C(C)C)cc1. The highest BCUT2D eigenvalue weighted by molar-refractivity contribution is 7.12. The summed E-state index contributed by atoms with van der Waals surface area (Å²) in [5, 5.41) is 12.6. The summed E-state index contributed by atoms with van der Waals surface area (Å²) in [6, 6.07) is 18.1. The first-order chi connectivity index (χ1) is 15.4. The molecule has 164 valence electrons. The van der Waals surface area contributed by atoms with Crippen molar-refractivity contribution in [3.63, 3.8) is 0 Å². The van der Waals surface area contributed by atoms with Crippen molar-refractivity contribution in [2.45, 2.75) is 32.4 Å². The Morgan fingerprint density at radius 1 is 1.09 bits per heavy atom. The number of carbonyl (C=O) groups is 2. The maximum atomic E-state index is 13.3. The van der Waals surface area contributed by atoms with E-state index in [1.807, 2.05) is 48.5 Å². The highest BCUT2D eigenvalue weighted by atomic mass is 32.1. The number of aliphatic hydroxyl groups is 1. The zero-order valence-electron chi connectivity index (χ0n) is 18.2. The Bertz CT molecular complexity index is 1160. The summed E-state index contributed by atoms with van der Waals surface area (Å²) in [5.74, 6) is -0.377. The van der Waals surface area contributed by atoms with Gasteiger partial charge in [0.15, 0.2) is 5.76 Å². The van der Waals surface area contributed by atoms with Crippen molar-refractivity contribution in [1.82, 2.24) is 4.90 Å². The second kappa shape index (κ2) is 9.01. The van der Waals surface area contributed by atoms with Crippen LogP contribution in [0, 0.1) is 0 Å². The van der Waals surface area contributed by atoms with E-state index in [0.29, 0.717) is 16.5 Å². The summed E-state index contributed by atoms with van der Waals surface area (Å²) in [6.45, 7) is 4.42. The van der Waals surface area contributed by atoms with Crippen molar-refractivity contribution in [3.05, 3.63) is 98.9 Å².